The van der Waals surface area contributed by atoms with Crippen LogP contribution in [0.5, 0.6) is 0 Å². The zero-order chi connectivity index (χ0) is 11.8. The highest BCUT2D eigenvalue weighted by Crippen LogP contribution is 2.24. The Kier molecular flexibility index (Phi) is 3.91. The number of hydrogen-bond donors (Lipinski definition) is 0. The highest BCUT2D eigenvalue weighted by Gasteiger charge is 2.35. The summed E-state index contributed by atoms with van der Waals surface area (Å²) in [6.45, 7) is 7.77. The van der Waals surface area contributed by atoms with E-state index >= 15 is 0 Å². The van der Waals surface area contributed by atoms with E-state index in [2.05, 4.69) is 32.8 Å². The Labute approximate surface area is 106 Å². The maximum absolute atomic E-state index is 5.82. The van der Waals surface area contributed by atoms with Crippen molar-refractivity contribution in [2.45, 2.75) is 31.8 Å². The molecule has 5 heteroatoms. The number of ether oxygens (including phenoxy) is 2. The summed E-state index contributed by atoms with van der Waals surface area (Å²) in [4.78, 5) is 4.80. The Morgan fingerprint density at radius 1 is 1.44 bits per heavy atom. The first-order valence-corrected chi connectivity index (χ1v) is 6.92. The van der Waals surface area contributed by atoms with E-state index in [-0.39, 0.29) is 6.10 Å². The molecule has 2 unspecified atom stereocenters. The summed E-state index contributed by atoms with van der Waals surface area (Å²) in [7, 11) is 2.17. The third kappa shape index (κ3) is 2.96. The smallest absolute Gasteiger partial charge is 0.163 e. The number of hydrogen-bond acceptors (Lipinski definition) is 4. The summed E-state index contributed by atoms with van der Waals surface area (Å²) in [6.07, 6.45) is 0.220. The van der Waals surface area contributed by atoms with Gasteiger partial charge >= 0.3 is 0 Å². The molecule has 0 aliphatic carbocycles. The Bertz CT molecular complexity index is 250. The summed E-state index contributed by atoms with van der Waals surface area (Å²) >= 11 is 3.55. The van der Waals surface area contributed by atoms with Gasteiger partial charge in [0, 0.05) is 24.5 Å². The second-order valence-corrected chi connectivity index (χ2v) is 5.84. The van der Waals surface area contributed by atoms with Gasteiger partial charge in [-0.1, -0.05) is 15.9 Å². The van der Waals surface area contributed by atoms with Gasteiger partial charge in [0.15, 0.2) is 5.79 Å². The number of likely N-dealkylation sites (N-methyl/N-ethyl adjacent to an activating group) is 1. The molecule has 2 saturated heterocycles. The molecule has 2 aliphatic rings. The van der Waals surface area contributed by atoms with Crippen LogP contribution in [0.1, 0.15) is 13.8 Å². The van der Waals surface area contributed by atoms with Gasteiger partial charge in [-0.15, -0.1) is 0 Å². The molecule has 0 aromatic heterocycles. The summed E-state index contributed by atoms with van der Waals surface area (Å²) in [5.74, 6) is -0.398. The van der Waals surface area contributed by atoms with Crippen molar-refractivity contribution in [3.05, 3.63) is 0 Å². The van der Waals surface area contributed by atoms with Gasteiger partial charge in [-0.25, -0.2) is 0 Å². The molecule has 2 heterocycles. The Morgan fingerprint density at radius 3 is 2.69 bits per heavy atom. The van der Waals surface area contributed by atoms with Crippen LogP contribution < -0.4 is 0 Å². The van der Waals surface area contributed by atoms with Gasteiger partial charge < -0.3 is 9.47 Å². The molecule has 0 bridgehead atoms. The fraction of sp³-hybridized carbons (Fsp3) is 1.00. The summed E-state index contributed by atoms with van der Waals surface area (Å²) < 4.78 is 11.4. The summed E-state index contributed by atoms with van der Waals surface area (Å²) in [5.41, 5.74) is 0. The molecule has 0 saturated carbocycles. The molecular weight excluding hydrogens is 272 g/mol. The first-order valence-electron chi connectivity index (χ1n) is 5.80. The van der Waals surface area contributed by atoms with Crippen LogP contribution in [-0.2, 0) is 9.47 Å². The van der Waals surface area contributed by atoms with E-state index < -0.39 is 5.79 Å². The topological polar surface area (TPSA) is 24.9 Å². The van der Waals surface area contributed by atoms with Crippen molar-refractivity contribution in [3.8, 4) is 0 Å². The van der Waals surface area contributed by atoms with E-state index in [1.165, 1.54) is 0 Å². The van der Waals surface area contributed by atoms with Crippen LogP contribution in [0.3, 0.4) is 0 Å². The van der Waals surface area contributed by atoms with Crippen molar-refractivity contribution >= 4 is 15.9 Å². The lowest BCUT2D eigenvalue weighted by Crippen LogP contribution is -2.34. The fourth-order valence-electron chi connectivity index (χ4n) is 2.37. The van der Waals surface area contributed by atoms with Crippen LogP contribution in [0.15, 0.2) is 0 Å². The molecule has 2 atom stereocenters. The second kappa shape index (κ2) is 4.90. The molecule has 0 spiro atoms. The average molecular weight is 293 g/mol. The SMILES string of the molecule is CN1CN(CC2COC(C)(C)O2)CC1CBr. The van der Waals surface area contributed by atoms with Gasteiger partial charge in [-0.05, 0) is 20.9 Å². The Hall–Kier alpha value is 0.320. The lowest BCUT2D eigenvalue weighted by Gasteiger charge is -2.21. The van der Waals surface area contributed by atoms with E-state index in [4.69, 9.17) is 9.47 Å². The van der Waals surface area contributed by atoms with Gasteiger partial charge in [0.05, 0.1) is 19.4 Å². The van der Waals surface area contributed by atoms with Gasteiger partial charge in [0.1, 0.15) is 0 Å². The van der Waals surface area contributed by atoms with Gasteiger partial charge in [-0.3, -0.25) is 9.80 Å². The van der Waals surface area contributed by atoms with Gasteiger partial charge in [-0.2, -0.15) is 0 Å². The predicted octanol–water partition coefficient (Wildman–Crippen LogP) is 1.11. The highest BCUT2D eigenvalue weighted by atomic mass is 79.9. The minimum Gasteiger partial charge on any atom is -0.348 e. The van der Waals surface area contributed by atoms with Crippen molar-refractivity contribution in [2.24, 2.45) is 0 Å². The summed E-state index contributed by atoms with van der Waals surface area (Å²) in [5, 5.41) is 1.04. The summed E-state index contributed by atoms with van der Waals surface area (Å²) in [6, 6.07) is 0.621. The van der Waals surface area contributed by atoms with Crippen LogP contribution in [0, 0.1) is 0 Å². The van der Waals surface area contributed by atoms with Crippen LogP contribution >= 0.6 is 15.9 Å². The molecule has 16 heavy (non-hydrogen) atoms. The third-order valence-electron chi connectivity index (χ3n) is 3.22. The number of halogens is 1. The van der Waals surface area contributed by atoms with E-state index in [0.717, 1.165) is 25.1 Å². The van der Waals surface area contributed by atoms with Crippen molar-refractivity contribution in [2.75, 3.05) is 38.7 Å². The maximum atomic E-state index is 5.82. The molecule has 0 N–H and O–H groups in total. The predicted molar refractivity (Wildman–Crippen MR) is 66.7 cm³/mol. The third-order valence-corrected chi connectivity index (χ3v) is 3.97. The van der Waals surface area contributed by atoms with Crippen LogP contribution in [0.25, 0.3) is 0 Å². The standard InChI is InChI=1S/C11H21BrN2O2/c1-11(2)15-7-10(16-11)6-14-5-9(4-12)13(3)8-14/h9-10H,4-8H2,1-3H3. The minimum absolute atomic E-state index is 0.220. The number of nitrogens with zero attached hydrogens (tertiary/aromatic N) is 2. The molecule has 4 nitrogen and oxygen atoms in total. The Morgan fingerprint density at radius 2 is 2.19 bits per heavy atom. The van der Waals surface area contributed by atoms with Crippen LogP contribution in [0.4, 0.5) is 0 Å². The first kappa shape index (κ1) is 12.8. The van der Waals surface area contributed by atoms with Crippen LogP contribution in [0.2, 0.25) is 0 Å². The minimum atomic E-state index is -0.398. The second-order valence-electron chi connectivity index (χ2n) is 5.19. The van der Waals surface area contributed by atoms with Crippen LogP contribution in [-0.4, -0.2) is 66.5 Å². The quantitative estimate of drug-likeness (QED) is 0.728. The normalized spacial score (nSPS) is 36.0. The molecule has 2 aliphatic heterocycles. The molecule has 2 fully saturated rings. The maximum Gasteiger partial charge on any atom is 0.163 e. The molecule has 94 valence electrons. The Balaban J connectivity index is 1.79. The molecular formula is C11H21BrN2O2. The molecule has 2 rings (SSSR count). The largest absolute Gasteiger partial charge is 0.348 e. The fourth-order valence-corrected chi connectivity index (χ4v) is 3.07. The van der Waals surface area contributed by atoms with E-state index in [1.54, 1.807) is 0 Å². The van der Waals surface area contributed by atoms with Crippen molar-refractivity contribution in [1.29, 1.82) is 0 Å². The molecule has 0 aromatic rings. The van der Waals surface area contributed by atoms with Crippen molar-refractivity contribution in [1.82, 2.24) is 9.80 Å². The highest BCUT2D eigenvalue weighted by molar-refractivity contribution is 9.09. The van der Waals surface area contributed by atoms with Crippen molar-refractivity contribution in [3.63, 3.8) is 0 Å². The van der Waals surface area contributed by atoms with E-state index in [1.807, 2.05) is 13.8 Å². The van der Waals surface area contributed by atoms with Crippen molar-refractivity contribution < 1.29 is 9.47 Å². The molecule has 0 radical (unpaired) electrons. The average Bonchev–Trinajstić information content (AvgIpc) is 2.70. The molecule has 0 amide bonds. The lowest BCUT2D eigenvalue weighted by molar-refractivity contribution is -0.140. The molecule has 0 aromatic carbocycles. The zero-order valence-electron chi connectivity index (χ0n) is 10.3. The first-order chi connectivity index (χ1) is 7.50. The number of rotatable bonds is 3. The monoisotopic (exact) mass is 292 g/mol. The van der Waals surface area contributed by atoms with E-state index in [0.29, 0.717) is 12.6 Å². The lowest BCUT2D eigenvalue weighted by atomic mass is 10.3. The van der Waals surface area contributed by atoms with Gasteiger partial charge in [0.2, 0.25) is 0 Å². The number of alkyl halides is 1. The van der Waals surface area contributed by atoms with E-state index in [9.17, 15) is 0 Å². The van der Waals surface area contributed by atoms with Gasteiger partial charge in [0.25, 0.3) is 0 Å². The zero-order valence-corrected chi connectivity index (χ0v) is 11.9.